The Hall–Kier alpha value is -3.62. The van der Waals surface area contributed by atoms with E-state index in [2.05, 4.69) is 15.5 Å². The molecule has 0 radical (unpaired) electrons. The summed E-state index contributed by atoms with van der Waals surface area (Å²) in [5.74, 6) is 3.63. The van der Waals surface area contributed by atoms with Crippen molar-refractivity contribution in [2.24, 2.45) is 0 Å². The molecule has 0 unspecified atom stereocenters. The van der Waals surface area contributed by atoms with E-state index in [1.54, 1.807) is 59.8 Å². The number of anilines is 1. The monoisotopic (exact) mass is 401 g/mol. The third kappa shape index (κ3) is 4.29. The summed E-state index contributed by atoms with van der Waals surface area (Å²) >= 11 is 0. The molecular formula is C20H23N3O6. The van der Waals surface area contributed by atoms with Crippen LogP contribution in [0.2, 0.25) is 0 Å². The summed E-state index contributed by atoms with van der Waals surface area (Å²) in [4.78, 5) is 0. The molecule has 1 aromatic heterocycles. The van der Waals surface area contributed by atoms with Crippen molar-refractivity contribution in [1.29, 1.82) is 0 Å². The zero-order chi connectivity index (χ0) is 20.8. The third-order valence-corrected chi connectivity index (χ3v) is 4.21. The molecule has 1 N–H and O–H groups in total. The van der Waals surface area contributed by atoms with Crippen LogP contribution in [0.15, 0.2) is 34.7 Å². The van der Waals surface area contributed by atoms with Gasteiger partial charge in [0.05, 0.1) is 42.1 Å². The molecule has 0 spiro atoms. The summed E-state index contributed by atoms with van der Waals surface area (Å²) in [7, 11) is 7.84. The van der Waals surface area contributed by atoms with Crippen molar-refractivity contribution < 1.29 is 28.1 Å². The van der Waals surface area contributed by atoms with Crippen molar-refractivity contribution in [2.75, 3.05) is 40.9 Å². The number of nitrogens with zero attached hydrogens (tertiary/aromatic N) is 2. The fourth-order valence-electron chi connectivity index (χ4n) is 2.77. The molecule has 0 fully saturated rings. The minimum absolute atomic E-state index is 0.318. The molecule has 2 aromatic carbocycles. The maximum atomic E-state index is 5.75. The number of hydrogen-bond donors (Lipinski definition) is 1. The van der Waals surface area contributed by atoms with Gasteiger partial charge in [0, 0.05) is 23.4 Å². The molecule has 3 aromatic rings. The van der Waals surface area contributed by atoms with Gasteiger partial charge in [-0.3, -0.25) is 0 Å². The van der Waals surface area contributed by atoms with Gasteiger partial charge >= 0.3 is 0 Å². The highest BCUT2D eigenvalue weighted by atomic mass is 16.5. The SMILES string of the molecule is COc1ccc(-c2nnc(CNc3cc(OC)c(OC)c(OC)c3)o2)cc1OC. The van der Waals surface area contributed by atoms with Gasteiger partial charge in [-0.2, -0.15) is 0 Å². The van der Waals surface area contributed by atoms with Crippen molar-refractivity contribution in [2.45, 2.75) is 6.54 Å². The summed E-state index contributed by atoms with van der Waals surface area (Å²) in [6.07, 6.45) is 0. The molecule has 0 amide bonds. The molecule has 0 atom stereocenters. The lowest BCUT2D eigenvalue weighted by molar-refractivity contribution is 0.324. The zero-order valence-electron chi connectivity index (χ0n) is 16.9. The van der Waals surface area contributed by atoms with Crippen LogP contribution in [0.25, 0.3) is 11.5 Å². The van der Waals surface area contributed by atoms with Gasteiger partial charge in [0.2, 0.25) is 17.5 Å². The Morgan fingerprint density at radius 1 is 0.759 bits per heavy atom. The van der Waals surface area contributed by atoms with E-state index in [-0.39, 0.29) is 0 Å². The number of methoxy groups -OCH3 is 5. The standard InChI is InChI=1S/C20H23N3O6/c1-24-14-7-6-12(8-15(14)25-2)20-23-22-18(29-20)11-21-13-9-16(26-3)19(28-5)17(10-13)27-4/h6-10,21H,11H2,1-5H3. The maximum Gasteiger partial charge on any atom is 0.247 e. The van der Waals surface area contributed by atoms with Crippen LogP contribution in [0.3, 0.4) is 0 Å². The lowest BCUT2D eigenvalue weighted by Crippen LogP contribution is -2.02. The van der Waals surface area contributed by atoms with Crippen molar-refractivity contribution in [3.63, 3.8) is 0 Å². The lowest BCUT2D eigenvalue weighted by atomic mass is 10.2. The summed E-state index contributed by atoms with van der Waals surface area (Å²) in [5, 5.41) is 11.4. The van der Waals surface area contributed by atoms with E-state index in [0.717, 1.165) is 11.3 Å². The Morgan fingerprint density at radius 2 is 1.41 bits per heavy atom. The molecule has 0 saturated heterocycles. The quantitative estimate of drug-likeness (QED) is 0.578. The molecule has 9 nitrogen and oxygen atoms in total. The molecule has 3 rings (SSSR count). The van der Waals surface area contributed by atoms with E-state index in [1.165, 1.54) is 0 Å². The van der Waals surface area contributed by atoms with Crippen molar-refractivity contribution >= 4 is 5.69 Å². The van der Waals surface area contributed by atoms with Gasteiger partial charge in [0.15, 0.2) is 23.0 Å². The Labute approximate surface area is 168 Å². The largest absolute Gasteiger partial charge is 0.493 e. The van der Waals surface area contributed by atoms with Crippen molar-refractivity contribution in [1.82, 2.24) is 10.2 Å². The summed E-state index contributed by atoms with van der Waals surface area (Å²) < 4.78 is 32.3. The van der Waals surface area contributed by atoms with E-state index < -0.39 is 0 Å². The van der Waals surface area contributed by atoms with Gasteiger partial charge in [0.25, 0.3) is 0 Å². The molecule has 0 bridgehead atoms. The zero-order valence-corrected chi connectivity index (χ0v) is 16.9. The second-order valence-corrected chi connectivity index (χ2v) is 5.84. The normalized spacial score (nSPS) is 10.4. The van der Waals surface area contributed by atoms with Crippen LogP contribution in [-0.2, 0) is 6.54 Å². The molecule has 0 aliphatic carbocycles. The van der Waals surface area contributed by atoms with Gasteiger partial charge in [-0.1, -0.05) is 0 Å². The molecule has 1 heterocycles. The number of rotatable bonds is 9. The first-order valence-electron chi connectivity index (χ1n) is 8.72. The predicted octanol–water partition coefficient (Wildman–Crippen LogP) is 3.39. The Bertz CT molecular complexity index is 948. The van der Waals surface area contributed by atoms with Crippen LogP contribution >= 0.6 is 0 Å². The molecular weight excluding hydrogens is 378 g/mol. The van der Waals surface area contributed by atoms with Crippen LogP contribution in [0.5, 0.6) is 28.7 Å². The second-order valence-electron chi connectivity index (χ2n) is 5.84. The topological polar surface area (TPSA) is 97.1 Å². The third-order valence-electron chi connectivity index (χ3n) is 4.21. The highest BCUT2D eigenvalue weighted by Gasteiger charge is 2.15. The first-order chi connectivity index (χ1) is 14.1. The van der Waals surface area contributed by atoms with Crippen molar-refractivity contribution in [3.05, 3.63) is 36.2 Å². The Kier molecular flexibility index (Phi) is 6.28. The smallest absolute Gasteiger partial charge is 0.247 e. The first-order valence-corrected chi connectivity index (χ1v) is 8.72. The lowest BCUT2D eigenvalue weighted by Gasteiger charge is -2.14. The second kappa shape index (κ2) is 9.05. The molecule has 154 valence electrons. The fraction of sp³-hybridized carbons (Fsp3) is 0.300. The van der Waals surface area contributed by atoms with Crippen LogP contribution < -0.4 is 29.0 Å². The maximum absolute atomic E-state index is 5.75. The number of hydrogen-bond acceptors (Lipinski definition) is 9. The number of nitrogens with one attached hydrogen (secondary N) is 1. The van der Waals surface area contributed by atoms with Crippen LogP contribution in [0.4, 0.5) is 5.69 Å². The van der Waals surface area contributed by atoms with Crippen LogP contribution in [0.1, 0.15) is 5.89 Å². The minimum atomic E-state index is 0.318. The molecule has 0 saturated carbocycles. The van der Waals surface area contributed by atoms with E-state index in [1.807, 2.05) is 6.07 Å². The fourth-order valence-corrected chi connectivity index (χ4v) is 2.77. The summed E-state index contributed by atoms with van der Waals surface area (Å²) in [5.41, 5.74) is 1.49. The number of benzene rings is 2. The molecule has 9 heteroatoms. The van der Waals surface area contributed by atoms with Gasteiger partial charge in [-0.15, -0.1) is 10.2 Å². The molecule has 29 heavy (non-hydrogen) atoms. The molecule has 0 aliphatic rings. The average molecular weight is 401 g/mol. The van der Waals surface area contributed by atoms with E-state index in [4.69, 9.17) is 28.1 Å². The first kappa shape index (κ1) is 20.1. The highest BCUT2D eigenvalue weighted by Crippen LogP contribution is 2.40. The van der Waals surface area contributed by atoms with Crippen molar-refractivity contribution in [3.8, 4) is 40.2 Å². The van der Waals surface area contributed by atoms with E-state index in [9.17, 15) is 0 Å². The average Bonchev–Trinajstić information content (AvgIpc) is 3.25. The van der Waals surface area contributed by atoms with Gasteiger partial charge < -0.3 is 33.4 Å². The molecule has 0 aliphatic heterocycles. The van der Waals surface area contributed by atoms with Gasteiger partial charge in [-0.05, 0) is 18.2 Å². The van der Waals surface area contributed by atoms with Crippen LogP contribution in [0, 0.1) is 0 Å². The summed E-state index contributed by atoms with van der Waals surface area (Å²) in [6, 6.07) is 8.99. The number of aromatic nitrogens is 2. The minimum Gasteiger partial charge on any atom is -0.493 e. The van der Waals surface area contributed by atoms with Crippen LogP contribution in [-0.4, -0.2) is 45.7 Å². The highest BCUT2D eigenvalue weighted by molar-refractivity contribution is 5.63. The predicted molar refractivity (Wildman–Crippen MR) is 106 cm³/mol. The van der Waals surface area contributed by atoms with E-state index in [0.29, 0.717) is 47.1 Å². The Balaban J connectivity index is 1.76. The van der Waals surface area contributed by atoms with Gasteiger partial charge in [0.1, 0.15) is 0 Å². The number of ether oxygens (including phenoxy) is 5. The summed E-state index contributed by atoms with van der Waals surface area (Å²) in [6.45, 7) is 0.318. The van der Waals surface area contributed by atoms with E-state index >= 15 is 0 Å². The Morgan fingerprint density at radius 3 is 2.00 bits per heavy atom. The van der Waals surface area contributed by atoms with Gasteiger partial charge in [-0.25, -0.2) is 0 Å².